The van der Waals surface area contributed by atoms with Gasteiger partial charge in [0, 0.05) is 0 Å². The van der Waals surface area contributed by atoms with Gasteiger partial charge >= 0.3 is 0 Å². The number of aryl methyl sites for hydroxylation is 2. The van der Waals surface area contributed by atoms with Gasteiger partial charge in [-0.05, 0) is 48.0 Å². The van der Waals surface area contributed by atoms with Gasteiger partial charge in [0.15, 0.2) is 5.82 Å². The number of tetrazole rings is 1. The number of rotatable bonds is 4. The van der Waals surface area contributed by atoms with Crippen LogP contribution in [0, 0.1) is 13.8 Å². The van der Waals surface area contributed by atoms with E-state index in [1.807, 2.05) is 0 Å². The van der Waals surface area contributed by atoms with E-state index in [9.17, 15) is 0 Å². The molecule has 1 heterocycles. The molecule has 1 N–H and O–H groups in total. The highest BCUT2D eigenvalue weighted by atomic mass is 15.5. The van der Waals surface area contributed by atoms with Crippen LogP contribution in [0.1, 0.15) is 23.9 Å². The first-order valence-electron chi connectivity index (χ1n) is 5.78. The minimum Gasteiger partial charge on any atom is -0.310 e. The summed E-state index contributed by atoms with van der Waals surface area (Å²) in [4.78, 5) is 0. The Labute approximate surface area is 101 Å². The summed E-state index contributed by atoms with van der Waals surface area (Å²) in [5.41, 5.74) is 3.42. The third kappa shape index (κ3) is 2.50. The first kappa shape index (κ1) is 11.7. The average Bonchev–Trinajstić information content (AvgIpc) is 2.77. The molecular weight excluding hydrogens is 214 g/mol. The van der Waals surface area contributed by atoms with Crippen LogP contribution in [0.4, 0.5) is 0 Å². The quantitative estimate of drug-likeness (QED) is 0.864. The summed E-state index contributed by atoms with van der Waals surface area (Å²) in [7, 11) is 0. The standard InChI is InChI=1S/C12H17N5/c1-4-13-8-12-14-15-16-17(12)11-7-9(2)5-6-10(11)3/h5-7,13H,4,8H2,1-3H3. The van der Waals surface area contributed by atoms with Crippen LogP contribution in [-0.4, -0.2) is 26.8 Å². The summed E-state index contributed by atoms with van der Waals surface area (Å²) in [6, 6.07) is 6.28. The van der Waals surface area contributed by atoms with Gasteiger partial charge in [0.25, 0.3) is 0 Å². The van der Waals surface area contributed by atoms with Gasteiger partial charge in [-0.15, -0.1) is 5.10 Å². The predicted molar refractivity (Wildman–Crippen MR) is 66.0 cm³/mol. The van der Waals surface area contributed by atoms with Gasteiger partial charge in [-0.1, -0.05) is 19.1 Å². The third-order valence-electron chi connectivity index (χ3n) is 2.66. The largest absolute Gasteiger partial charge is 0.310 e. The zero-order chi connectivity index (χ0) is 12.3. The molecule has 0 aliphatic carbocycles. The molecule has 0 unspecified atom stereocenters. The summed E-state index contributed by atoms with van der Waals surface area (Å²) < 4.78 is 1.80. The fraction of sp³-hybridized carbons (Fsp3) is 0.417. The van der Waals surface area contributed by atoms with Crippen LogP contribution in [0.3, 0.4) is 0 Å². The van der Waals surface area contributed by atoms with Crippen molar-refractivity contribution < 1.29 is 0 Å². The lowest BCUT2D eigenvalue weighted by atomic mass is 10.1. The van der Waals surface area contributed by atoms with E-state index in [4.69, 9.17) is 0 Å². The van der Waals surface area contributed by atoms with E-state index < -0.39 is 0 Å². The highest BCUT2D eigenvalue weighted by Crippen LogP contribution is 2.15. The lowest BCUT2D eigenvalue weighted by molar-refractivity contribution is 0.662. The molecule has 0 atom stereocenters. The van der Waals surface area contributed by atoms with Crippen molar-refractivity contribution >= 4 is 0 Å². The van der Waals surface area contributed by atoms with E-state index in [0.29, 0.717) is 6.54 Å². The molecule has 0 saturated heterocycles. The maximum atomic E-state index is 4.06. The van der Waals surface area contributed by atoms with Crippen LogP contribution in [0.15, 0.2) is 18.2 Å². The first-order chi connectivity index (χ1) is 8.22. The molecule has 0 bridgehead atoms. The van der Waals surface area contributed by atoms with Gasteiger partial charge < -0.3 is 5.32 Å². The van der Waals surface area contributed by atoms with Crippen molar-refractivity contribution in [3.05, 3.63) is 35.2 Å². The number of nitrogens with one attached hydrogen (secondary N) is 1. The molecular formula is C12H17N5. The van der Waals surface area contributed by atoms with Crippen LogP contribution in [0.5, 0.6) is 0 Å². The second kappa shape index (κ2) is 5.05. The zero-order valence-corrected chi connectivity index (χ0v) is 10.4. The van der Waals surface area contributed by atoms with Crippen molar-refractivity contribution in [2.24, 2.45) is 0 Å². The zero-order valence-electron chi connectivity index (χ0n) is 10.4. The van der Waals surface area contributed by atoms with Gasteiger partial charge in [-0.2, -0.15) is 4.68 Å². The molecule has 0 radical (unpaired) electrons. The number of hydrogen-bond acceptors (Lipinski definition) is 4. The van der Waals surface area contributed by atoms with Crippen LogP contribution < -0.4 is 5.32 Å². The predicted octanol–water partition coefficient (Wildman–Crippen LogP) is 1.39. The second-order valence-corrected chi connectivity index (χ2v) is 4.08. The molecule has 0 spiro atoms. The number of hydrogen-bond donors (Lipinski definition) is 1. The van der Waals surface area contributed by atoms with E-state index >= 15 is 0 Å². The molecule has 2 aromatic rings. The van der Waals surface area contributed by atoms with Crippen LogP contribution in [-0.2, 0) is 6.54 Å². The SMILES string of the molecule is CCNCc1nnnn1-c1cc(C)ccc1C. The van der Waals surface area contributed by atoms with Crippen molar-refractivity contribution in [3.8, 4) is 5.69 Å². The van der Waals surface area contributed by atoms with Crippen molar-refractivity contribution in [3.63, 3.8) is 0 Å². The summed E-state index contributed by atoms with van der Waals surface area (Å²) in [6.07, 6.45) is 0. The second-order valence-electron chi connectivity index (χ2n) is 4.08. The monoisotopic (exact) mass is 231 g/mol. The van der Waals surface area contributed by atoms with E-state index in [1.165, 1.54) is 11.1 Å². The minimum absolute atomic E-state index is 0.677. The maximum Gasteiger partial charge on any atom is 0.170 e. The van der Waals surface area contributed by atoms with Crippen molar-refractivity contribution in [1.82, 2.24) is 25.5 Å². The first-order valence-corrected chi connectivity index (χ1v) is 5.78. The van der Waals surface area contributed by atoms with E-state index in [1.54, 1.807) is 4.68 Å². The topological polar surface area (TPSA) is 55.6 Å². The Balaban J connectivity index is 2.38. The molecule has 0 aliphatic heterocycles. The van der Waals surface area contributed by atoms with Gasteiger partial charge in [0.05, 0.1) is 12.2 Å². The molecule has 1 aromatic carbocycles. The summed E-state index contributed by atoms with van der Waals surface area (Å²) in [5.74, 6) is 0.834. The molecule has 17 heavy (non-hydrogen) atoms. The highest BCUT2D eigenvalue weighted by Gasteiger charge is 2.09. The normalized spacial score (nSPS) is 10.8. The molecule has 5 heteroatoms. The van der Waals surface area contributed by atoms with Crippen molar-refractivity contribution in [2.75, 3.05) is 6.54 Å². The van der Waals surface area contributed by atoms with Crippen LogP contribution >= 0.6 is 0 Å². The Morgan fingerprint density at radius 3 is 2.88 bits per heavy atom. The Hall–Kier alpha value is -1.75. The van der Waals surface area contributed by atoms with Crippen LogP contribution in [0.2, 0.25) is 0 Å². The molecule has 0 amide bonds. The lowest BCUT2D eigenvalue weighted by Gasteiger charge is -2.08. The third-order valence-corrected chi connectivity index (χ3v) is 2.66. The molecule has 1 aromatic heterocycles. The Morgan fingerprint density at radius 1 is 1.29 bits per heavy atom. The maximum absolute atomic E-state index is 4.06. The Kier molecular flexibility index (Phi) is 3.49. The number of aromatic nitrogens is 4. The molecule has 90 valence electrons. The lowest BCUT2D eigenvalue weighted by Crippen LogP contribution is -2.16. The number of benzene rings is 1. The van der Waals surface area contributed by atoms with Gasteiger partial charge in [-0.3, -0.25) is 0 Å². The number of nitrogens with zero attached hydrogens (tertiary/aromatic N) is 4. The van der Waals surface area contributed by atoms with E-state index in [-0.39, 0.29) is 0 Å². The smallest absolute Gasteiger partial charge is 0.170 e. The Morgan fingerprint density at radius 2 is 2.12 bits per heavy atom. The molecule has 2 rings (SSSR count). The highest BCUT2D eigenvalue weighted by molar-refractivity contribution is 5.42. The molecule has 0 aliphatic rings. The molecule has 5 nitrogen and oxygen atoms in total. The summed E-state index contributed by atoms with van der Waals surface area (Å²) >= 11 is 0. The average molecular weight is 231 g/mol. The fourth-order valence-electron chi connectivity index (χ4n) is 1.69. The van der Waals surface area contributed by atoms with Crippen molar-refractivity contribution in [1.29, 1.82) is 0 Å². The molecule has 0 saturated carbocycles. The minimum atomic E-state index is 0.677. The molecule has 0 fully saturated rings. The van der Waals surface area contributed by atoms with E-state index in [2.05, 4.69) is 59.8 Å². The Bertz CT molecular complexity index is 503. The van der Waals surface area contributed by atoms with Gasteiger partial charge in [0.2, 0.25) is 0 Å². The summed E-state index contributed by atoms with van der Waals surface area (Å²) in [5, 5.41) is 15.1. The summed E-state index contributed by atoms with van der Waals surface area (Å²) in [6.45, 7) is 7.77. The fourth-order valence-corrected chi connectivity index (χ4v) is 1.69. The van der Waals surface area contributed by atoms with Gasteiger partial charge in [-0.25, -0.2) is 0 Å². The van der Waals surface area contributed by atoms with E-state index in [0.717, 1.165) is 18.1 Å². The van der Waals surface area contributed by atoms with Crippen LogP contribution in [0.25, 0.3) is 5.69 Å². The van der Waals surface area contributed by atoms with Gasteiger partial charge in [0.1, 0.15) is 0 Å². The van der Waals surface area contributed by atoms with Crippen molar-refractivity contribution in [2.45, 2.75) is 27.3 Å².